The van der Waals surface area contributed by atoms with Crippen LogP contribution in [0.4, 0.5) is 0 Å². The quantitative estimate of drug-likeness (QED) is 0.854. The lowest BCUT2D eigenvalue weighted by atomic mass is 10.1. The highest BCUT2D eigenvalue weighted by Crippen LogP contribution is 2.17. The van der Waals surface area contributed by atoms with Gasteiger partial charge in [-0.2, -0.15) is 0 Å². The van der Waals surface area contributed by atoms with E-state index in [1.165, 1.54) is 0 Å². The molecule has 1 aromatic carbocycles. The second kappa shape index (κ2) is 6.73. The third kappa shape index (κ3) is 3.98. The molecule has 4 nitrogen and oxygen atoms in total. The minimum atomic E-state index is 0.0570. The van der Waals surface area contributed by atoms with Gasteiger partial charge in [0.1, 0.15) is 12.4 Å². The minimum Gasteiger partial charge on any atom is -0.492 e. The fraction of sp³-hybridized carbons (Fsp3) is 0.571. The van der Waals surface area contributed by atoms with E-state index in [0.29, 0.717) is 6.61 Å². The van der Waals surface area contributed by atoms with Crippen LogP contribution in [0.1, 0.15) is 11.1 Å². The molecule has 1 saturated heterocycles. The number of aryl methyl sites for hydroxylation is 1. The maximum atomic E-state index is 9.14. The molecule has 1 heterocycles. The Morgan fingerprint density at radius 3 is 2.78 bits per heavy atom. The van der Waals surface area contributed by atoms with Crippen LogP contribution in [0.2, 0.25) is 0 Å². The summed E-state index contributed by atoms with van der Waals surface area (Å²) in [5.74, 6) is 0.840. The summed E-state index contributed by atoms with van der Waals surface area (Å²) in [6.45, 7) is 7.27. The highest BCUT2D eigenvalue weighted by molar-refractivity contribution is 5.33. The maximum absolute atomic E-state index is 9.14. The first kappa shape index (κ1) is 13.3. The third-order valence-corrected chi connectivity index (χ3v) is 3.07. The molecule has 0 atom stereocenters. The second-order valence-electron chi connectivity index (χ2n) is 4.61. The molecule has 0 bridgehead atoms. The van der Waals surface area contributed by atoms with E-state index in [-0.39, 0.29) is 6.61 Å². The highest BCUT2D eigenvalue weighted by Gasteiger charge is 2.09. The van der Waals surface area contributed by atoms with Gasteiger partial charge in [-0.25, -0.2) is 0 Å². The highest BCUT2D eigenvalue weighted by atomic mass is 16.5. The fourth-order valence-corrected chi connectivity index (χ4v) is 2.12. The summed E-state index contributed by atoms with van der Waals surface area (Å²) in [4.78, 5) is 2.34. The van der Waals surface area contributed by atoms with Gasteiger partial charge in [-0.1, -0.05) is 6.07 Å². The first-order chi connectivity index (χ1) is 8.78. The van der Waals surface area contributed by atoms with Crippen LogP contribution < -0.4 is 4.74 Å². The summed E-state index contributed by atoms with van der Waals surface area (Å²) in [7, 11) is 0. The van der Waals surface area contributed by atoms with Crippen molar-refractivity contribution in [1.29, 1.82) is 0 Å². The summed E-state index contributed by atoms with van der Waals surface area (Å²) in [6.07, 6.45) is 0. The summed E-state index contributed by atoms with van der Waals surface area (Å²) in [5, 5.41) is 9.14. The van der Waals surface area contributed by atoms with Gasteiger partial charge >= 0.3 is 0 Å². The topological polar surface area (TPSA) is 41.9 Å². The standard InChI is InChI=1S/C14H21NO3/c1-12-8-13(11-16)10-14(9-12)18-7-4-15-2-5-17-6-3-15/h8-10,16H,2-7,11H2,1H3. The Balaban J connectivity index is 1.80. The Morgan fingerprint density at radius 1 is 1.28 bits per heavy atom. The molecule has 1 N–H and O–H groups in total. The summed E-state index contributed by atoms with van der Waals surface area (Å²) in [5.41, 5.74) is 2.01. The normalized spacial score (nSPS) is 16.8. The first-order valence-electron chi connectivity index (χ1n) is 6.42. The Morgan fingerprint density at radius 2 is 2.06 bits per heavy atom. The fourth-order valence-electron chi connectivity index (χ4n) is 2.12. The van der Waals surface area contributed by atoms with Crippen molar-refractivity contribution in [3.05, 3.63) is 29.3 Å². The Hall–Kier alpha value is -1.10. The molecule has 0 aliphatic carbocycles. The number of aliphatic hydroxyl groups excluding tert-OH is 1. The predicted octanol–water partition coefficient (Wildman–Crippen LogP) is 1.20. The van der Waals surface area contributed by atoms with Gasteiger partial charge in [-0.3, -0.25) is 4.90 Å². The monoisotopic (exact) mass is 251 g/mol. The van der Waals surface area contributed by atoms with Crippen LogP contribution >= 0.6 is 0 Å². The lowest BCUT2D eigenvalue weighted by Gasteiger charge is -2.26. The first-order valence-corrected chi connectivity index (χ1v) is 6.42. The van der Waals surface area contributed by atoms with Crippen LogP contribution in [0.5, 0.6) is 5.75 Å². The second-order valence-corrected chi connectivity index (χ2v) is 4.61. The van der Waals surface area contributed by atoms with E-state index >= 15 is 0 Å². The van der Waals surface area contributed by atoms with Crippen LogP contribution in [0, 0.1) is 6.92 Å². The predicted molar refractivity (Wildman–Crippen MR) is 69.9 cm³/mol. The smallest absolute Gasteiger partial charge is 0.119 e. The number of rotatable bonds is 5. The van der Waals surface area contributed by atoms with E-state index in [4.69, 9.17) is 14.6 Å². The molecule has 0 radical (unpaired) electrons. The maximum Gasteiger partial charge on any atom is 0.119 e. The van der Waals surface area contributed by atoms with Crippen molar-refractivity contribution in [2.24, 2.45) is 0 Å². The third-order valence-electron chi connectivity index (χ3n) is 3.07. The molecule has 18 heavy (non-hydrogen) atoms. The molecule has 0 amide bonds. The van der Waals surface area contributed by atoms with Gasteiger partial charge in [-0.15, -0.1) is 0 Å². The summed E-state index contributed by atoms with van der Waals surface area (Å²) >= 11 is 0. The zero-order valence-electron chi connectivity index (χ0n) is 10.9. The van der Waals surface area contributed by atoms with E-state index < -0.39 is 0 Å². The Kier molecular flexibility index (Phi) is 4.99. The van der Waals surface area contributed by atoms with E-state index in [1.54, 1.807) is 0 Å². The molecule has 4 heteroatoms. The number of nitrogens with zero attached hydrogens (tertiary/aromatic N) is 1. The van der Waals surface area contributed by atoms with Gasteiger partial charge < -0.3 is 14.6 Å². The molecule has 1 fully saturated rings. The SMILES string of the molecule is Cc1cc(CO)cc(OCCN2CCOCC2)c1. The van der Waals surface area contributed by atoms with Gasteiger partial charge in [0.25, 0.3) is 0 Å². The minimum absolute atomic E-state index is 0.0570. The average Bonchev–Trinajstić information content (AvgIpc) is 2.39. The number of benzene rings is 1. The molecular weight excluding hydrogens is 230 g/mol. The van der Waals surface area contributed by atoms with Crippen molar-refractivity contribution in [1.82, 2.24) is 4.90 Å². The summed E-state index contributed by atoms with van der Waals surface area (Å²) in [6, 6.07) is 5.86. The summed E-state index contributed by atoms with van der Waals surface area (Å²) < 4.78 is 11.0. The zero-order valence-corrected chi connectivity index (χ0v) is 10.9. The van der Waals surface area contributed by atoms with E-state index in [2.05, 4.69) is 4.90 Å². The largest absolute Gasteiger partial charge is 0.492 e. The number of hydrogen-bond donors (Lipinski definition) is 1. The van der Waals surface area contributed by atoms with Gasteiger partial charge in [0.05, 0.1) is 19.8 Å². The van der Waals surface area contributed by atoms with Crippen LogP contribution in [0.25, 0.3) is 0 Å². The Labute approximate surface area is 108 Å². The number of morpholine rings is 1. The van der Waals surface area contributed by atoms with Crippen molar-refractivity contribution in [3.63, 3.8) is 0 Å². The van der Waals surface area contributed by atoms with E-state index in [9.17, 15) is 0 Å². The molecule has 1 aromatic rings. The molecule has 1 aliphatic heterocycles. The molecule has 2 rings (SSSR count). The van der Waals surface area contributed by atoms with E-state index in [0.717, 1.165) is 49.7 Å². The van der Waals surface area contributed by atoms with Crippen LogP contribution in [0.15, 0.2) is 18.2 Å². The molecule has 1 aliphatic rings. The lowest BCUT2D eigenvalue weighted by molar-refractivity contribution is 0.0322. The molecular formula is C14H21NO3. The van der Waals surface area contributed by atoms with E-state index in [1.807, 2.05) is 25.1 Å². The van der Waals surface area contributed by atoms with Crippen molar-refractivity contribution >= 4 is 0 Å². The molecule has 0 spiro atoms. The average molecular weight is 251 g/mol. The number of aliphatic hydroxyl groups is 1. The van der Waals surface area contributed by atoms with Crippen LogP contribution in [-0.2, 0) is 11.3 Å². The van der Waals surface area contributed by atoms with Gasteiger partial charge in [-0.05, 0) is 30.2 Å². The van der Waals surface area contributed by atoms with Crippen molar-refractivity contribution in [2.75, 3.05) is 39.5 Å². The van der Waals surface area contributed by atoms with Gasteiger partial charge in [0.2, 0.25) is 0 Å². The van der Waals surface area contributed by atoms with Crippen molar-refractivity contribution in [3.8, 4) is 5.75 Å². The molecule has 0 unspecified atom stereocenters. The van der Waals surface area contributed by atoms with Crippen LogP contribution in [0.3, 0.4) is 0 Å². The number of hydrogen-bond acceptors (Lipinski definition) is 4. The van der Waals surface area contributed by atoms with Gasteiger partial charge in [0.15, 0.2) is 0 Å². The number of ether oxygens (including phenoxy) is 2. The van der Waals surface area contributed by atoms with Crippen molar-refractivity contribution < 1.29 is 14.6 Å². The van der Waals surface area contributed by atoms with Gasteiger partial charge in [0, 0.05) is 19.6 Å². The molecule has 100 valence electrons. The lowest BCUT2D eigenvalue weighted by Crippen LogP contribution is -2.38. The zero-order chi connectivity index (χ0) is 12.8. The molecule has 0 saturated carbocycles. The Bertz CT molecular complexity index is 375. The van der Waals surface area contributed by atoms with Crippen molar-refractivity contribution in [2.45, 2.75) is 13.5 Å². The van der Waals surface area contributed by atoms with Crippen LogP contribution in [-0.4, -0.2) is 49.5 Å². The molecule has 0 aromatic heterocycles.